The van der Waals surface area contributed by atoms with Gasteiger partial charge in [0, 0.05) is 12.3 Å². The molecular weight excluding hydrogens is 398 g/mol. The van der Waals surface area contributed by atoms with Crippen LogP contribution in [0.1, 0.15) is 79.1 Å². The van der Waals surface area contributed by atoms with Crippen LogP contribution in [0.4, 0.5) is 0 Å². The van der Waals surface area contributed by atoms with Gasteiger partial charge >= 0.3 is 11.9 Å². The Labute approximate surface area is 187 Å². The molecule has 0 aromatic heterocycles. The van der Waals surface area contributed by atoms with Gasteiger partial charge in [-0.15, -0.1) is 0 Å². The lowest BCUT2D eigenvalue weighted by Crippen LogP contribution is -2.59. The third kappa shape index (κ3) is 11.3. The van der Waals surface area contributed by atoms with Crippen molar-refractivity contribution < 1.29 is 34.2 Å². The lowest BCUT2D eigenvalue weighted by molar-refractivity contribution is -0.934. The highest BCUT2D eigenvalue weighted by molar-refractivity contribution is 5.70. The van der Waals surface area contributed by atoms with Crippen molar-refractivity contribution in [3.63, 3.8) is 0 Å². The number of allylic oxidation sites excluding steroid dienone is 1. The van der Waals surface area contributed by atoms with Crippen molar-refractivity contribution in [2.75, 3.05) is 26.2 Å². The molecule has 3 atom stereocenters. The summed E-state index contributed by atoms with van der Waals surface area (Å²) in [6, 6.07) is 0. The van der Waals surface area contributed by atoms with Crippen molar-refractivity contribution in [3.05, 3.63) is 12.2 Å². The number of hydrogen-bond acceptors (Lipinski definition) is 4. The zero-order valence-electron chi connectivity index (χ0n) is 19.8. The number of nitrogens with zero attached hydrogens (tertiary/aromatic N) is 1. The Bertz CT molecular complexity index is 515. The van der Waals surface area contributed by atoms with Crippen LogP contribution in [0.15, 0.2) is 12.2 Å². The van der Waals surface area contributed by atoms with Crippen LogP contribution < -0.4 is 5.11 Å². The molecule has 0 aromatic rings. The molecule has 0 heterocycles. The molecule has 0 spiro atoms. The molecule has 0 rings (SSSR count). The van der Waals surface area contributed by atoms with E-state index < -0.39 is 35.7 Å². The normalized spacial score (nSPS) is 16.5. The van der Waals surface area contributed by atoms with Crippen molar-refractivity contribution >= 4 is 17.9 Å². The Morgan fingerprint density at radius 3 is 1.61 bits per heavy atom. The molecular formula is C24H43NO6. The Hall–Kier alpha value is -1.89. The van der Waals surface area contributed by atoms with Crippen molar-refractivity contribution in [1.82, 2.24) is 0 Å². The van der Waals surface area contributed by atoms with Crippen LogP contribution in [-0.4, -0.2) is 58.8 Å². The molecule has 0 aliphatic rings. The fraction of sp³-hybridized carbons (Fsp3) is 0.792. The lowest BCUT2D eigenvalue weighted by atomic mass is 9.96. The monoisotopic (exact) mass is 441 g/mol. The molecule has 0 aliphatic heterocycles. The van der Waals surface area contributed by atoms with Gasteiger partial charge in [0.1, 0.15) is 11.8 Å². The number of carboxylic acid groups (broad SMARTS) is 3. The molecule has 3 unspecified atom stereocenters. The van der Waals surface area contributed by atoms with Gasteiger partial charge in [-0.25, -0.2) is 0 Å². The first-order valence-corrected chi connectivity index (χ1v) is 11.8. The van der Waals surface area contributed by atoms with Crippen LogP contribution >= 0.6 is 0 Å². The molecule has 0 fully saturated rings. The lowest BCUT2D eigenvalue weighted by Gasteiger charge is -2.44. The summed E-state index contributed by atoms with van der Waals surface area (Å²) in [7, 11) is 0. The summed E-state index contributed by atoms with van der Waals surface area (Å²) in [5, 5.41) is 31.0. The van der Waals surface area contributed by atoms with Crippen molar-refractivity contribution in [1.29, 1.82) is 0 Å². The van der Waals surface area contributed by atoms with Gasteiger partial charge < -0.3 is 24.6 Å². The van der Waals surface area contributed by atoms with E-state index in [0.717, 1.165) is 19.3 Å². The fourth-order valence-electron chi connectivity index (χ4n) is 4.13. The van der Waals surface area contributed by atoms with Crippen molar-refractivity contribution in [2.45, 2.75) is 79.1 Å². The van der Waals surface area contributed by atoms with E-state index in [0.29, 0.717) is 32.2 Å². The highest BCUT2D eigenvalue weighted by atomic mass is 16.4. The van der Waals surface area contributed by atoms with E-state index in [1.165, 1.54) is 6.42 Å². The number of quaternary nitrogens is 1. The zero-order chi connectivity index (χ0) is 23.9. The Kier molecular flexibility index (Phi) is 14.9. The first-order chi connectivity index (χ1) is 14.7. The highest BCUT2D eigenvalue weighted by Crippen LogP contribution is 2.24. The Morgan fingerprint density at radius 2 is 1.23 bits per heavy atom. The van der Waals surface area contributed by atoms with E-state index in [-0.39, 0.29) is 24.1 Å². The topological polar surface area (TPSA) is 115 Å². The molecule has 2 N–H and O–H groups in total. The molecule has 7 heteroatoms. The first-order valence-electron chi connectivity index (χ1n) is 11.8. The predicted octanol–water partition coefficient (Wildman–Crippen LogP) is 3.33. The van der Waals surface area contributed by atoms with Gasteiger partial charge in [0.2, 0.25) is 0 Å². The van der Waals surface area contributed by atoms with Crippen molar-refractivity contribution in [2.24, 2.45) is 17.8 Å². The Morgan fingerprint density at radius 1 is 0.774 bits per heavy atom. The van der Waals surface area contributed by atoms with Crippen LogP contribution in [-0.2, 0) is 14.4 Å². The predicted molar refractivity (Wildman–Crippen MR) is 119 cm³/mol. The highest BCUT2D eigenvalue weighted by Gasteiger charge is 2.38. The third-order valence-corrected chi connectivity index (χ3v) is 6.24. The van der Waals surface area contributed by atoms with Crippen LogP contribution in [0, 0.1) is 17.8 Å². The number of unbranched alkanes of at least 4 members (excludes halogenated alkanes) is 3. The summed E-state index contributed by atoms with van der Waals surface area (Å²) in [6.45, 7) is 8.67. The van der Waals surface area contributed by atoms with Gasteiger partial charge in [0.05, 0.1) is 32.1 Å². The van der Waals surface area contributed by atoms with Gasteiger partial charge in [0.15, 0.2) is 0 Å². The SMILES string of the molecule is CCCCC/C=C/CC[N+](CC(CC)C(=O)[O-])(CC(CC)C(=O)O)CC(CC)C(=O)O. The van der Waals surface area contributed by atoms with E-state index in [2.05, 4.69) is 19.1 Å². The number of carbonyl (C=O) groups is 3. The summed E-state index contributed by atoms with van der Waals surface area (Å²) in [5.74, 6) is -5.06. The molecule has 31 heavy (non-hydrogen) atoms. The number of carbonyl (C=O) groups excluding carboxylic acids is 1. The van der Waals surface area contributed by atoms with E-state index in [1.807, 2.05) is 0 Å². The fourth-order valence-corrected chi connectivity index (χ4v) is 4.13. The van der Waals surface area contributed by atoms with Gasteiger partial charge in [-0.1, -0.05) is 52.7 Å². The summed E-state index contributed by atoms with van der Waals surface area (Å²) in [4.78, 5) is 35.3. The van der Waals surface area contributed by atoms with Gasteiger partial charge in [-0.05, 0) is 32.1 Å². The van der Waals surface area contributed by atoms with E-state index >= 15 is 0 Å². The zero-order valence-corrected chi connectivity index (χ0v) is 19.8. The number of hydrogen-bond donors (Lipinski definition) is 2. The maximum absolute atomic E-state index is 11.8. The maximum atomic E-state index is 11.8. The molecule has 0 aromatic carbocycles. The van der Waals surface area contributed by atoms with Gasteiger partial charge in [-0.2, -0.15) is 0 Å². The molecule has 0 saturated carbocycles. The molecule has 0 radical (unpaired) electrons. The molecule has 0 amide bonds. The minimum absolute atomic E-state index is 0.168. The number of carboxylic acids is 3. The molecule has 0 saturated heterocycles. The molecule has 0 aliphatic carbocycles. The standard InChI is InChI=1S/C24H43NO6/c1-5-9-10-11-12-13-14-15-25(16-19(6-2)22(26)27,17-20(7-3)23(28)29)18-21(8-4)24(30)31/h12-13,19-21H,5-11,14-18H2,1-4H3,(H2-,26,27,28,29,30,31)/b13-12+. The second-order valence-electron chi connectivity index (χ2n) is 8.68. The minimum Gasteiger partial charge on any atom is -0.550 e. The molecule has 0 bridgehead atoms. The largest absolute Gasteiger partial charge is 0.550 e. The molecule has 180 valence electrons. The number of aliphatic carboxylic acids is 3. The minimum atomic E-state index is -1.16. The van der Waals surface area contributed by atoms with Crippen LogP contribution in [0.2, 0.25) is 0 Å². The van der Waals surface area contributed by atoms with E-state index in [9.17, 15) is 29.7 Å². The first kappa shape index (κ1) is 29.1. The second kappa shape index (κ2) is 15.8. The van der Waals surface area contributed by atoms with Crippen molar-refractivity contribution in [3.8, 4) is 0 Å². The average molecular weight is 442 g/mol. The van der Waals surface area contributed by atoms with Crippen LogP contribution in [0.3, 0.4) is 0 Å². The second-order valence-corrected chi connectivity index (χ2v) is 8.68. The molecule has 7 nitrogen and oxygen atoms in total. The maximum Gasteiger partial charge on any atom is 0.312 e. The van der Waals surface area contributed by atoms with Gasteiger partial charge in [0.25, 0.3) is 0 Å². The summed E-state index contributed by atoms with van der Waals surface area (Å²) >= 11 is 0. The quantitative estimate of drug-likeness (QED) is 0.180. The van der Waals surface area contributed by atoms with E-state index in [1.54, 1.807) is 20.8 Å². The van der Waals surface area contributed by atoms with Crippen LogP contribution in [0.25, 0.3) is 0 Å². The summed E-state index contributed by atoms with van der Waals surface area (Å²) in [6.07, 6.45) is 10.4. The van der Waals surface area contributed by atoms with E-state index in [4.69, 9.17) is 0 Å². The number of rotatable bonds is 19. The smallest absolute Gasteiger partial charge is 0.312 e. The summed E-state index contributed by atoms with van der Waals surface area (Å²) in [5.41, 5.74) is 0. The third-order valence-electron chi connectivity index (χ3n) is 6.24. The van der Waals surface area contributed by atoms with Gasteiger partial charge in [-0.3, -0.25) is 9.59 Å². The average Bonchev–Trinajstić information content (AvgIpc) is 2.72. The Balaban J connectivity index is 5.85. The summed E-state index contributed by atoms with van der Waals surface area (Å²) < 4.78 is 0.168. The van der Waals surface area contributed by atoms with Crippen LogP contribution in [0.5, 0.6) is 0 Å².